The van der Waals surface area contributed by atoms with Crippen molar-refractivity contribution in [2.75, 3.05) is 12.4 Å². The summed E-state index contributed by atoms with van der Waals surface area (Å²) in [6.45, 7) is 2.20. The molecule has 1 N–H and O–H groups in total. The van der Waals surface area contributed by atoms with Gasteiger partial charge in [-0.05, 0) is 42.3 Å². The molecule has 1 aliphatic rings. The Morgan fingerprint density at radius 1 is 1.12 bits per heavy atom. The van der Waals surface area contributed by atoms with Gasteiger partial charge in [0.05, 0.1) is 7.11 Å². The minimum Gasteiger partial charge on any atom is -0.497 e. The molecule has 0 saturated heterocycles. The molecule has 0 bridgehead atoms. The molecule has 0 radical (unpaired) electrons. The lowest BCUT2D eigenvalue weighted by molar-refractivity contribution is -0.132. The van der Waals surface area contributed by atoms with Crippen LogP contribution in [0.5, 0.6) is 5.75 Å². The highest BCUT2D eigenvalue weighted by Gasteiger charge is 2.35. The number of rotatable bonds is 5. The number of amides is 2. The van der Waals surface area contributed by atoms with Crippen LogP contribution in [0, 0.1) is 0 Å². The van der Waals surface area contributed by atoms with Crippen LogP contribution in [0.15, 0.2) is 66.2 Å². The summed E-state index contributed by atoms with van der Waals surface area (Å²) in [4.78, 5) is 26.6. The third kappa shape index (κ3) is 3.71. The number of nitrogens with zero attached hydrogens (tertiary/aromatic N) is 1. The average molecular weight is 336 g/mol. The van der Waals surface area contributed by atoms with Gasteiger partial charge in [-0.25, -0.2) is 0 Å². The standard InChI is InChI=1S/C20H20N2O3/c1-14-12-18(23)22(13-15-6-4-3-5-7-15)19(14)20(24)21-16-8-10-17(25-2)11-9-16/h3-12,19H,13H2,1-2H3,(H,21,24). The fourth-order valence-electron chi connectivity index (χ4n) is 2.91. The highest BCUT2D eigenvalue weighted by molar-refractivity contribution is 6.04. The minimum atomic E-state index is -0.602. The van der Waals surface area contributed by atoms with E-state index in [1.807, 2.05) is 30.3 Å². The van der Waals surface area contributed by atoms with E-state index in [1.54, 1.807) is 43.2 Å². The first-order valence-corrected chi connectivity index (χ1v) is 8.06. The van der Waals surface area contributed by atoms with Crippen LogP contribution in [-0.2, 0) is 16.1 Å². The van der Waals surface area contributed by atoms with Gasteiger partial charge in [-0.1, -0.05) is 30.3 Å². The van der Waals surface area contributed by atoms with E-state index in [1.165, 1.54) is 6.08 Å². The Labute approximate surface area is 146 Å². The predicted octanol–water partition coefficient (Wildman–Crippen LogP) is 2.99. The van der Waals surface area contributed by atoms with Crippen LogP contribution in [0.25, 0.3) is 0 Å². The maximum atomic E-state index is 12.7. The van der Waals surface area contributed by atoms with Crippen LogP contribution in [-0.4, -0.2) is 29.9 Å². The van der Waals surface area contributed by atoms with Crippen LogP contribution in [0.1, 0.15) is 12.5 Å². The van der Waals surface area contributed by atoms with Crippen LogP contribution < -0.4 is 10.1 Å². The van der Waals surface area contributed by atoms with E-state index in [9.17, 15) is 9.59 Å². The number of hydrogen-bond acceptors (Lipinski definition) is 3. The molecule has 2 amide bonds. The van der Waals surface area contributed by atoms with Crippen molar-refractivity contribution in [1.29, 1.82) is 0 Å². The fraction of sp³-hybridized carbons (Fsp3) is 0.200. The molecular formula is C20H20N2O3. The van der Waals surface area contributed by atoms with E-state index in [-0.39, 0.29) is 11.8 Å². The fourth-order valence-corrected chi connectivity index (χ4v) is 2.91. The monoisotopic (exact) mass is 336 g/mol. The number of anilines is 1. The van der Waals surface area contributed by atoms with Gasteiger partial charge in [0, 0.05) is 18.3 Å². The average Bonchev–Trinajstić information content (AvgIpc) is 2.90. The van der Waals surface area contributed by atoms with Crippen LogP contribution in [0.3, 0.4) is 0 Å². The zero-order valence-electron chi connectivity index (χ0n) is 14.2. The minimum absolute atomic E-state index is 0.142. The molecule has 0 aliphatic carbocycles. The number of benzene rings is 2. The van der Waals surface area contributed by atoms with Gasteiger partial charge in [0.2, 0.25) is 5.91 Å². The number of ether oxygens (including phenoxy) is 1. The third-order valence-electron chi connectivity index (χ3n) is 4.18. The Kier molecular flexibility index (Phi) is 4.84. The Morgan fingerprint density at radius 3 is 2.44 bits per heavy atom. The molecule has 1 heterocycles. The Hall–Kier alpha value is -3.08. The summed E-state index contributed by atoms with van der Waals surface area (Å²) in [6.07, 6.45) is 1.53. The summed E-state index contributed by atoms with van der Waals surface area (Å²) in [7, 11) is 1.59. The number of carbonyl (C=O) groups is 2. The molecule has 0 spiro atoms. The van der Waals surface area contributed by atoms with Crippen molar-refractivity contribution in [2.45, 2.75) is 19.5 Å². The van der Waals surface area contributed by atoms with E-state index in [0.717, 1.165) is 16.9 Å². The molecule has 5 heteroatoms. The van der Waals surface area contributed by atoms with Crippen molar-refractivity contribution in [3.05, 3.63) is 71.8 Å². The van der Waals surface area contributed by atoms with Crippen molar-refractivity contribution in [3.63, 3.8) is 0 Å². The highest BCUT2D eigenvalue weighted by atomic mass is 16.5. The number of carbonyl (C=O) groups excluding carboxylic acids is 2. The normalized spacial score (nSPS) is 16.6. The number of methoxy groups -OCH3 is 1. The molecule has 0 saturated carbocycles. The van der Waals surface area contributed by atoms with Crippen molar-refractivity contribution in [2.24, 2.45) is 0 Å². The molecular weight excluding hydrogens is 316 g/mol. The van der Waals surface area contributed by atoms with Crippen LogP contribution >= 0.6 is 0 Å². The molecule has 1 atom stereocenters. The van der Waals surface area contributed by atoms with Crippen LogP contribution in [0.2, 0.25) is 0 Å². The molecule has 1 aliphatic heterocycles. The summed E-state index contributed by atoms with van der Waals surface area (Å²) < 4.78 is 5.11. The first-order valence-electron chi connectivity index (χ1n) is 8.06. The van der Waals surface area contributed by atoms with Gasteiger partial charge in [-0.15, -0.1) is 0 Å². The largest absolute Gasteiger partial charge is 0.497 e. The van der Waals surface area contributed by atoms with E-state index < -0.39 is 6.04 Å². The van der Waals surface area contributed by atoms with Gasteiger partial charge in [0.1, 0.15) is 11.8 Å². The van der Waals surface area contributed by atoms with Gasteiger partial charge in [-0.3, -0.25) is 9.59 Å². The number of hydrogen-bond donors (Lipinski definition) is 1. The summed E-state index contributed by atoms with van der Waals surface area (Å²) >= 11 is 0. The maximum absolute atomic E-state index is 12.7. The van der Waals surface area contributed by atoms with Gasteiger partial charge < -0.3 is 15.0 Å². The molecule has 128 valence electrons. The van der Waals surface area contributed by atoms with E-state index >= 15 is 0 Å². The van der Waals surface area contributed by atoms with Gasteiger partial charge in [-0.2, -0.15) is 0 Å². The van der Waals surface area contributed by atoms with Crippen molar-refractivity contribution in [3.8, 4) is 5.75 Å². The molecule has 5 nitrogen and oxygen atoms in total. The SMILES string of the molecule is COc1ccc(NC(=O)C2C(C)=CC(=O)N2Cc2ccccc2)cc1. The van der Waals surface area contributed by atoms with E-state index in [4.69, 9.17) is 4.74 Å². The summed E-state index contributed by atoms with van der Waals surface area (Å²) in [5, 5.41) is 2.87. The second kappa shape index (κ2) is 7.21. The first-order chi connectivity index (χ1) is 12.1. The molecule has 1 unspecified atom stereocenters. The lowest BCUT2D eigenvalue weighted by Gasteiger charge is -2.26. The predicted molar refractivity (Wildman–Crippen MR) is 96.2 cm³/mol. The highest BCUT2D eigenvalue weighted by Crippen LogP contribution is 2.24. The molecule has 0 fully saturated rings. The summed E-state index contributed by atoms with van der Waals surface area (Å²) in [5.74, 6) is 0.354. The molecule has 3 rings (SSSR count). The maximum Gasteiger partial charge on any atom is 0.251 e. The van der Waals surface area contributed by atoms with Crippen molar-refractivity contribution >= 4 is 17.5 Å². The van der Waals surface area contributed by atoms with Crippen molar-refractivity contribution < 1.29 is 14.3 Å². The summed E-state index contributed by atoms with van der Waals surface area (Å²) in [6, 6.07) is 16.1. The van der Waals surface area contributed by atoms with Crippen LogP contribution in [0.4, 0.5) is 5.69 Å². The Bertz CT molecular complexity index is 797. The smallest absolute Gasteiger partial charge is 0.251 e. The second-order valence-electron chi connectivity index (χ2n) is 5.96. The first kappa shape index (κ1) is 16.8. The number of nitrogens with one attached hydrogen (secondary N) is 1. The summed E-state index contributed by atoms with van der Waals surface area (Å²) in [5.41, 5.74) is 2.39. The lowest BCUT2D eigenvalue weighted by atomic mass is 10.1. The Balaban J connectivity index is 1.76. The Morgan fingerprint density at radius 2 is 1.80 bits per heavy atom. The van der Waals surface area contributed by atoms with E-state index in [2.05, 4.69) is 5.32 Å². The molecule has 25 heavy (non-hydrogen) atoms. The van der Waals surface area contributed by atoms with Crippen molar-refractivity contribution in [1.82, 2.24) is 4.90 Å². The lowest BCUT2D eigenvalue weighted by Crippen LogP contribution is -2.43. The van der Waals surface area contributed by atoms with Gasteiger partial charge in [0.15, 0.2) is 0 Å². The third-order valence-corrected chi connectivity index (χ3v) is 4.18. The van der Waals surface area contributed by atoms with Gasteiger partial charge in [0.25, 0.3) is 5.91 Å². The second-order valence-corrected chi connectivity index (χ2v) is 5.96. The molecule has 2 aromatic carbocycles. The van der Waals surface area contributed by atoms with Gasteiger partial charge >= 0.3 is 0 Å². The quantitative estimate of drug-likeness (QED) is 0.913. The zero-order valence-corrected chi connectivity index (χ0v) is 14.2. The molecule has 0 aromatic heterocycles. The zero-order chi connectivity index (χ0) is 17.8. The molecule has 2 aromatic rings. The topological polar surface area (TPSA) is 58.6 Å². The van der Waals surface area contributed by atoms with E-state index in [0.29, 0.717) is 12.2 Å².